The predicted octanol–water partition coefficient (Wildman–Crippen LogP) is 7.39. The van der Waals surface area contributed by atoms with Crippen molar-refractivity contribution in [3.63, 3.8) is 0 Å². The van der Waals surface area contributed by atoms with E-state index in [4.69, 9.17) is 18.3 Å². The van der Waals surface area contributed by atoms with Crippen LogP contribution in [0, 0.1) is 10.8 Å². The molecule has 0 radical (unpaired) electrons. The molecule has 0 saturated carbocycles. The molecule has 1 aliphatic rings. The van der Waals surface area contributed by atoms with Crippen LogP contribution in [0.25, 0.3) is 12.2 Å². The zero-order chi connectivity index (χ0) is 35.2. The number of allylic oxidation sites excluding steroid dienone is 10. The number of ether oxygens (including phenoxy) is 2. The fraction of sp³-hybridized carbons (Fsp3) is 0.368. The minimum Gasteiger partial charge on any atom is -0.457 e. The summed E-state index contributed by atoms with van der Waals surface area (Å²) in [4.78, 5) is 34.6. The Morgan fingerprint density at radius 3 is 1.42 bits per heavy atom. The fourth-order valence-corrected chi connectivity index (χ4v) is 4.64. The minimum atomic E-state index is -0.866. The highest BCUT2D eigenvalue weighted by atomic mass is 16.6. The van der Waals surface area contributed by atoms with Crippen LogP contribution in [0.2, 0.25) is 0 Å². The van der Waals surface area contributed by atoms with E-state index in [-0.39, 0.29) is 23.2 Å². The largest absolute Gasteiger partial charge is 0.457 e. The van der Waals surface area contributed by atoms with Gasteiger partial charge in [-0.2, -0.15) is 0 Å². The highest BCUT2D eigenvalue weighted by molar-refractivity contribution is 5.87. The third-order valence-corrected chi connectivity index (χ3v) is 8.01. The zero-order valence-electron chi connectivity index (χ0n) is 28.4. The first-order valence-electron chi connectivity index (χ1n) is 15.8. The van der Waals surface area contributed by atoms with Crippen molar-refractivity contribution in [2.24, 2.45) is 10.8 Å². The maximum Gasteiger partial charge on any atom is 0.360 e. The molecular weight excluding hydrogens is 612 g/mol. The van der Waals surface area contributed by atoms with Gasteiger partial charge in [-0.3, -0.25) is 0 Å². The third kappa shape index (κ3) is 10.6. The van der Waals surface area contributed by atoms with E-state index >= 15 is 0 Å². The van der Waals surface area contributed by atoms with E-state index in [1.165, 1.54) is 12.5 Å². The summed E-state index contributed by atoms with van der Waals surface area (Å²) in [6.07, 6.45) is 27.7. The van der Waals surface area contributed by atoms with Gasteiger partial charge in [0, 0.05) is 35.8 Å². The molecule has 48 heavy (non-hydrogen) atoms. The van der Waals surface area contributed by atoms with E-state index < -0.39 is 47.2 Å². The first-order chi connectivity index (χ1) is 22.9. The van der Waals surface area contributed by atoms with Gasteiger partial charge in [0.2, 0.25) is 11.8 Å². The third-order valence-electron chi connectivity index (χ3n) is 8.01. The number of cyclic esters (lactones) is 2. The first kappa shape index (κ1) is 37.7. The van der Waals surface area contributed by atoms with Crippen LogP contribution >= 0.6 is 0 Å². The highest BCUT2D eigenvalue weighted by Crippen LogP contribution is 2.33. The van der Waals surface area contributed by atoms with Crippen LogP contribution in [0.3, 0.4) is 0 Å². The summed E-state index contributed by atoms with van der Waals surface area (Å²) in [6.45, 7) is 10.9. The SMILES string of the molecule is C/C=C/[C@H](O)C(C)(C)[C@@H]1C\C=C/C=C/C=C/c2nc(co2)C(=O)O[C@H](C(C)(C)[C@@H](O)/C=C/C)C\C=C/C=C/C=C/c2nc(co2)C(=O)O1. The number of fused-ring (bicyclic) bond motifs is 4. The molecule has 0 aromatic carbocycles. The molecule has 3 heterocycles. The molecule has 0 saturated heterocycles. The second-order valence-corrected chi connectivity index (χ2v) is 12.3. The van der Waals surface area contributed by atoms with E-state index in [1.54, 1.807) is 85.1 Å². The maximum absolute atomic E-state index is 13.1. The lowest BCUT2D eigenvalue weighted by atomic mass is 9.79. The maximum atomic E-state index is 13.1. The molecule has 0 fully saturated rings. The molecule has 0 aliphatic carbocycles. The number of nitrogens with zero attached hydrogens (tertiary/aromatic N) is 2. The number of rotatable bonds is 6. The van der Waals surface area contributed by atoms with Gasteiger partial charge in [0.05, 0.1) is 12.2 Å². The van der Waals surface area contributed by atoms with Gasteiger partial charge >= 0.3 is 11.9 Å². The Hall–Kier alpha value is -4.80. The molecule has 3 rings (SSSR count). The van der Waals surface area contributed by atoms with Gasteiger partial charge in [0.15, 0.2) is 11.4 Å². The van der Waals surface area contributed by atoms with Crippen molar-refractivity contribution in [2.75, 3.05) is 0 Å². The monoisotopic (exact) mass is 658 g/mol. The number of hydrogen-bond donors (Lipinski definition) is 2. The molecule has 2 aromatic heterocycles. The normalized spacial score (nSPS) is 24.3. The average molecular weight is 659 g/mol. The Balaban J connectivity index is 1.91. The van der Waals surface area contributed by atoms with Gasteiger partial charge in [-0.15, -0.1) is 0 Å². The number of aliphatic hydroxyl groups is 2. The number of carbonyl (C=O) groups excluding carboxylic acids is 2. The smallest absolute Gasteiger partial charge is 0.360 e. The molecule has 4 atom stereocenters. The Labute approximate surface area is 282 Å². The van der Waals surface area contributed by atoms with E-state index in [0.717, 1.165) is 0 Å². The van der Waals surface area contributed by atoms with Crippen molar-refractivity contribution >= 4 is 24.1 Å². The lowest BCUT2D eigenvalue weighted by Gasteiger charge is -2.36. The molecular formula is C38H46N2O8. The van der Waals surface area contributed by atoms with Crippen molar-refractivity contribution in [1.82, 2.24) is 9.97 Å². The zero-order valence-corrected chi connectivity index (χ0v) is 28.4. The Morgan fingerprint density at radius 1 is 0.667 bits per heavy atom. The quantitative estimate of drug-likeness (QED) is 0.238. The highest BCUT2D eigenvalue weighted by Gasteiger charge is 2.39. The van der Waals surface area contributed by atoms with Crippen LogP contribution in [0.15, 0.2) is 106 Å². The molecule has 0 amide bonds. The number of aliphatic hydroxyl groups excluding tert-OH is 2. The molecule has 4 bridgehead atoms. The lowest BCUT2D eigenvalue weighted by Crippen LogP contribution is -2.42. The minimum absolute atomic E-state index is 0.00769. The predicted molar refractivity (Wildman–Crippen MR) is 184 cm³/mol. The molecule has 0 spiro atoms. The van der Waals surface area contributed by atoms with Crippen LogP contribution in [0.4, 0.5) is 0 Å². The summed E-state index contributed by atoms with van der Waals surface area (Å²) in [5, 5.41) is 21.6. The van der Waals surface area contributed by atoms with Crippen molar-refractivity contribution in [3.8, 4) is 0 Å². The van der Waals surface area contributed by atoms with Gasteiger partial charge in [-0.1, -0.05) is 113 Å². The van der Waals surface area contributed by atoms with Crippen molar-refractivity contribution in [3.05, 3.63) is 121 Å². The van der Waals surface area contributed by atoms with Gasteiger partial charge in [0.1, 0.15) is 24.7 Å². The van der Waals surface area contributed by atoms with Crippen molar-refractivity contribution in [2.45, 2.75) is 78.8 Å². The second kappa shape index (κ2) is 17.9. The first-order valence-corrected chi connectivity index (χ1v) is 15.8. The summed E-state index contributed by atoms with van der Waals surface area (Å²) < 4.78 is 22.6. The van der Waals surface area contributed by atoms with Crippen LogP contribution < -0.4 is 0 Å². The van der Waals surface area contributed by atoms with Crippen LogP contribution in [-0.2, 0) is 9.47 Å². The van der Waals surface area contributed by atoms with E-state index in [0.29, 0.717) is 12.8 Å². The molecule has 2 N–H and O–H groups in total. The summed E-state index contributed by atoms with van der Waals surface area (Å²) in [5.74, 6) is -0.914. The molecule has 1 aliphatic heterocycles. The van der Waals surface area contributed by atoms with Crippen LogP contribution in [0.5, 0.6) is 0 Å². The number of aromatic nitrogens is 2. The Bertz CT molecular complexity index is 1480. The standard InChI is InChI=1S/C38H46N2O8/c1-7-19-29(41)37(3,4)31-21-15-11-9-13-17-24-34-40-28(26-46-34)36(44)48-32(38(5,6)30(42)20-8-2)22-16-12-10-14-18-23-33-39-27(25-45-33)35(43)47-31/h7-20,23-26,29-32,41-42H,21-22H2,1-6H3/b13-9+,14-10+,15-11-,16-12-,19-7+,20-8+,23-18+,24-17+/t29-,30-,31-,32-/m0/s1. The van der Waals surface area contributed by atoms with E-state index in [1.807, 2.05) is 53.7 Å². The fourth-order valence-electron chi connectivity index (χ4n) is 4.64. The topological polar surface area (TPSA) is 145 Å². The summed E-state index contributed by atoms with van der Waals surface area (Å²) in [6, 6.07) is 0. The Morgan fingerprint density at radius 2 is 1.04 bits per heavy atom. The molecule has 2 aromatic rings. The van der Waals surface area contributed by atoms with Gasteiger partial charge in [0.25, 0.3) is 0 Å². The molecule has 10 nitrogen and oxygen atoms in total. The lowest BCUT2D eigenvalue weighted by molar-refractivity contribution is -0.0461. The summed E-state index contributed by atoms with van der Waals surface area (Å²) in [5.41, 5.74) is -1.63. The number of esters is 2. The number of carbonyl (C=O) groups is 2. The van der Waals surface area contributed by atoms with E-state index in [2.05, 4.69) is 9.97 Å². The van der Waals surface area contributed by atoms with Crippen LogP contribution in [-0.4, -0.2) is 56.5 Å². The van der Waals surface area contributed by atoms with E-state index in [9.17, 15) is 19.8 Å². The Kier molecular flexibility index (Phi) is 14.1. The van der Waals surface area contributed by atoms with Gasteiger partial charge < -0.3 is 28.5 Å². The molecule has 256 valence electrons. The second-order valence-electron chi connectivity index (χ2n) is 12.3. The van der Waals surface area contributed by atoms with Crippen LogP contribution in [0.1, 0.15) is 87.1 Å². The van der Waals surface area contributed by atoms with Gasteiger partial charge in [-0.05, 0) is 13.8 Å². The molecule has 0 unspecified atom stereocenters. The average Bonchev–Trinajstić information content (AvgIpc) is 3.72. The van der Waals surface area contributed by atoms with Crippen molar-refractivity contribution < 1.29 is 38.1 Å². The van der Waals surface area contributed by atoms with Crippen molar-refractivity contribution in [1.29, 1.82) is 0 Å². The number of oxazole rings is 2. The number of hydrogen-bond acceptors (Lipinski definition) is 10. The summed E-state index contributed by atoms with van der Waals surface area (Å²) >= 11 is 0. The van der Waals surface area contributed by atoms with Gasteiger partial charge in [-0.25, -0.2) is 19.6 Å². The summed E-state index contributed by atoms with van der Waals surface area (Å²) in [7, 11) is 0. The molecule has 10 heteroatoms.